The summed E-state index contributed by atoms with van der Waals surface area (Å²) in [6.07, 6.45) is 1.55. The van der Waals surface area contributed by atoms with Crippen molar-refractivity contribution in [3.63, 3.8) is 0 Å². The molecule has 0 fully saturated rings. The Labute approximate surface area is 127 Å². The lowest BCUT2D eigenvalue weighted by molar-refractivity contribution is -0.118. The lowest BCUT2D eigenvalue weighted by Gasteiger charge is -2.08. The molecule has 0 aromatic carbocycles. The van der Waals surface area contributed by atoms with Crippen molar-refractivity contribution in [1.82, 2.24) is 4.98 Å². The average Bonchev–Trinajstić information content (AvgIpc) is 2.66. The molecule has 1 amide bonds. The van der Waals surface area contributed by atoms with Crippen LogP contribution in [-0.2, 0) is 4.79 Å². The van der Waals surface area contributed by atoms with Crippen LogP contribution in [0.5, 0.6) is 5.75 Å². The van der Waals surface area contributed by atoms with Gasteiger partial charge in [0.25, 0.3) is 5.91 Å². The summed E-state index contributed by atoms with van der Waals surface area (Å²) in [5, 5.41) is 3.65. The van der Waals surface area contributed by atoms with E-state index in [1.165, 1.54) is 16.5 Å². The Kier molecular flexibility index (Phi) is 4.47. The number of hydrogen-bond acceptors (Lipinski definition) is 4. The summed E-state index contributed by atoms with van der Waals surface area (Å²) < 4.78 is 5.33. The van der Waals surface area contributed by atoms with Crippen LogP contribution in [0.2, 0.25) is 0 Å². The van der Waals surface area contributed by atoms with Gasteiger partial charge >= 0.3 is 0 Å². The van der Waals surface area contributed by atoms with E-state index in [0.29, 0.717) is 5.69 Å². The number of anilines is 1. The predicted molar refractivity (Wildman–Crippen MR) is 84.5 cm³/mol. The van der Waals surface area contributed by atoms with E-state index in [1.54, 1.807) is 24.5 Å². The van der Waals surface area contributed by atoms with Crippen LogP contribution >= 0.6 is 11.3 Å². The lowest BCUT2D eigenvalue weighted by atomic mass is 10.2. The van der Waals surface area contributed by atoms with Crippen molar-refractivity contribution in [2.45, 2.75) is 27.7 Å². The molecule has 21 heavy (non-hydrogen) atoms. The first-order valence-electron chi connectivity index (χ1n) is 6.57. The summed E-state index contributed by atoms with van der Waals surface area (Å²) in [4.78, 5) is 27.6. The zero-order chi connectivity index (χ0) is 15.6. The summed E-state index contributed by atoms with van der Waals surface area (Å²) in [5.74, 6) is -0.0927. The molecule has 0 aliphatic carbocycles. The topological polar surface area (TPSA) is 71.2 Å². The first-order valence-corrected chi connectivity index (χ1v) is 7.39. The van der Waals surface area contributed by atoms with Crippen molar-refractivity contribution in [3.05, 3.63) is 44.2 Å². The molecule has 112 valence electrons. The Bertz CT molecular complexity index is 731. The van der Waals surface area contributed by atoms with E-state index in [1.807, 2.05) is 20.8 Å². The van der Waals surface area contributed by atoms with E-state index in [0.717, 1.165) is 10.6 Å². The maximum absolute atomic E-state index is 11.9. The van der Waals surface area contributed by atoms with Gasteiger partial charge in [-0.1, -0.05) is 0 Å². The molecule has 0 saturated carbocycles. The second kappa shape index (κ2) is 6.13. The molecule has 0 bridgehead atoms. The number of thiophene rings is 1. The molecule has 2 aromatic rings. The van der Waals surface area contributed by atoms with E-state index in [9.17, 15) is 9.59 Å². The number of carbonyl (C=O) groups is 1. The highest BCUT2D eigenvalue weighted by atomic mass is 32.1. The number of carbonyl (C=O) groups excluding carboxylic acids is 1. The van der Waals surface area contributed by atoms with Crippen molar-refractivity contribution in [1.29, 1.82) is 0 Å². The summed E-state index contributed by atoms with van der Waals surface area (Å²) >= 11 is 1.54. The van der Waals surface area contributed by atoms with Gasteiger partial charge in [-0.25, -0.2) is 0 Å². The maximum Gasteiger partial charge on any atom is 0.262 e. The number of pyridine rings is 1. The minimum absolute atomic E-state index is 0.183. The third kappa shape index (κ3) is 3.33. The zero-order valence-corrected chi connectivity index (χ0v) is 13.3. The molecule has 0 atom stereocenters. The number of aromatic nitrogens is 1. The quantitative estimate of drug-likeness (QED) is 0.912. The largest absolute Gasteiger partial charge is 0.478 e. The Balaban J connectivity index is 2.03. The van der Waals surface area contributed by atoms with E-state index < -0.39 is 0 Å². The van der Waals surface area contributed by atoms with Crippen LogP contribution in [0.4, 0.5) is 5.00 Å². The molecule has 0 spiro atoms. The number of hydrogen-bond donors (Lipinski definition) is 2. The SMILES string of the molecule is Cc1[nH]ccc(=O)c1OCC(=O)Nc1sc(C)c(C)c1C. The summed E-state index contributed by atoms with van der Waals surface area (Å²) in [7, 11) is 0. The van der Waals surface area contributed by atoms with Crippen molar-refractivity contribution in [2.24, 2.45) is 0 Å². The van der Waals surface area contributed by atoms with Gasteiger partial charge in [0, 0.05) is 17.1 Å². The second-order valence-electron chi connectivity index (χ2n) is 4.87. The van der Waals surface area contributed by atoms with Crippen LogP contribution in [0.15, 0.2) is 17.1 Å². The Morgan fingerprint density at radius 3 is 2.57 bits per heavy atom. The van der Waals surface area contributed by atoms with Gasteiger partial charge in [-0.05, 0) is 38.8 Å². The Hall–Kier alpha value is -2.08. The van der Waals surface area contributed by atoms with Crippen LogP contribution in [0.1, 0.15) is 21.7 Å². The third-order valence-corrected chi connectivity index (χ3v) is 4.61. The number of amides is 1. The van der Waals surface area contributed by atoms with Crippen LogP contribution in [0, 0.1) is 27.7 Å². The van der Waals surface area contributed by atoms with Crippen molar-refractivity contribution in [3.8, 4) is 5.75 Å². The highest BCUT2D eigenvalue weighted by molar-refractivity contribution is 7.16. The Morgan fingerprint density at radius 1 is 1.29 bits per heavy atom. The van der Waals surface area contributed by atoms with Gasteiger partial charge in [-0.3, -0.25) is 9.59 Å². The minimum Gasteiger partial charge on any atom is -0.478 e. The standard InChI is InChI=1S/C15H18N2O3S/c1-8-9(2)15(21-11(8)4)17-13(19)7-20-14-10(3)16-6-5-12(14)18/h5-6H,7H2,1-4H3,(H,16,18)(H,17,19). The van der Waals surface area contributed by atoms with Gasteiger partial charge in [0.2, 0.25) is 5.43 Å². The molecule has 0 saturated heterocycles. The van der Waals surface area contributed by atoms with Gasteiger partial charge in [-0.15, -0.1) is 11.3 Å². The minimum atomic E-state index is -0.276. The summed E-state index contributed by atoms with van der Waals surface area (Å²) in [6.45, 7) is 7.56. The van der Waals surface area contributed by atoms with Gasteiger partial charge in [-0.2, -0.15) is 0 Å². The Morgan fingerprint density at radius 2 is 2.00 bits per heavy atom. The molecular weight excluding hydrogens is 288 g/mol. The molecule has 2 N–H and O–H groups in total. The monoisotopic (exact) mass is 306 g/mol. The molecule has 0 aliphatic rings. The number of H-pyrrole nitrogens is 1. The zero-order valence-electron chi connectivity index (χ0n) is 12.5. The molecule has 0 unspecified atom stereocenters. The fraction of sp³-hybridized carbons (Fsp3) is 0.333. The smallest absolute Gasteiger partial charge is 0.262 e. The van der Waals surface area contributed by atoms with Crippen molar-refractivity contribution < 1.29 is 9.53 Å². The second-order valence-corrected chi connectivity index (χ2v) is 6.10. The predicted octanol–water partition coefficient (Wildman–Crippen LogP) is 2.69. The average molecular weight is 306 g/mol. The molecule has 2 rings (SSSR count). The molecule has 0 aliphatic heterocycles. The third-order valence-electron chi connectivity index (χ3n) is 3.39. The molecule has 6 heteroatoms. The summed E-state index contributed by atoms with van der Waals surface area (Å²) in [5.41, 5.74) is 2.62. The van der Waals surface area contributed by atoms with E-state index in [-0.39, 0.29) is 23.7 Å². The normalized spacial score (nSPS) is 10.5. The molecule has 2 heterocycles. The molecule has 0 radical (unpaired) electrons. The van der Waals surface area contributed by atoms with Crippen LogP contribution in [-0.4, -0.2) is 17.5 Å². The van der Waals surface area contributed by atoms with Crippen molar-refractivity contribution in [2.75, 3.05) is 11.9 Å². The van der Waals surface area contributed by atoms with Gasteiger partial charge in [0.05, 0.1) is 10.7 Å². The fourth-order valence-corrected chi connectivity index (χ4v) is 2.99. The van der Waals surface area contributed by atoms with Crippen LogP contribution < -0.4 is 15.5 Å². The maximum atomic E-state index is 11.9. The number of aromatic amines is 1. The van der Waals surface area contributed by atoms with Crippen molar-refractivity contribution >= 4 is 22.2 Å². The first-order chi connectivity index (χ1) is 9.90. The number of aryl methyl sites for hydroxylation is 2. The number of rotatable bonds is 4. The van der Waals surface area contributed by atoms with Gasteiger partial charge in [0.15, 0.2) is 12.4 Å². The van der Waals surface area contributed by atoms with Crippen LogP contribution in [0.25, 0.3) is 0 Å². The fourth-order valence-electron chi connectivity index (χ4n) is 1.91. The molecule has 5 nitrogen and oxygen atoms in total. The lowest BCUT2D eigenvalue weighted by Crippen LogP contribution is -2.22. The first kappa shape index (κ1) is 15.3. The molecule has 2 aromatic heterocycles. The number of ether oxygens (including phenoxy) is 1. The highest BCUT2D eigenvalue weighted by Gasteiger charge is 2.13. The number of nitrogens with one attached hydrogen (secondary N) is 2. The summed E-state index contributed by atoms with van der Waals surface area (Å²) in [6, 6.07) is 1.37. The van der Waals surface area contributed by atoms with E-state index in [2.05, 4.69) is 10.3 Å². The van der Waals surface area contributed by atoms with Gasteiger partial charge in [0.1, 0.15) is 0 Å². The highest BCUT2D eigenvalue weighted by Crippen LogP contribution is 2.31. The molecular formula is C15H18N2O3S. The van der Waals surface area contributed by atoms with E-state index >= 15 is 0 Å². The van der Waals surface area contributed by atoms with E-state index in [4.69, 9.17) is 4.74 Å². The van der Waals surface area contributed by atoms with Gasteiger partial charge < -0.3 is 15.0 Å². The van der Waals surface area contributed by atoms with Crippen LogP contribution in [0.3, 0.4) is 0 Å².